The topological polar surface area (TPSA) is 212 Å². The molecule has 0 bridgehead atoms. The number of H-pyrrole nitrogens is 1. The SMILES string of the molecule is C1CCC2=NCCCN2CC1.CC(C)(C)[Si](C)(C)O[C@H]1[C@H](n2cnc3c(=O)[nH]c(NC(=O)COc4ccccc4)nc32)O[C@H](CO[Si](c2ccccc2)(c2ccccc2)C(C)(C)C)[C@]1(O)O[PH](=O)O. The summed E-state index contributed by atoms with van der Waals surface area (Å²) in [6.07, 6.45) is 3.74. The fourth-order valence-electron chi connectivity index (χ4n) is 8.90. The number of hydrogen-bond acceptors (Lipinski definition) is 13. The van der Waals surface area contributed by atoms with E-state index in [1.165, 1.54) is 61.9 Å². The summed E-state index contributed by atoms with van der Waals surface area (Å²) in [5.41, 5.74) is -0.786. The van der Waals surface area contributed by atoms with Gasteiger partial charge in [0, 0.05) is 26.1 Å². The number of benzene rings is 3. The molecule has 5 heterocycles. The molecule has 69 heavy (non-hydrogen) atoms. The molecule has 372 valence electrons. The Balaban J connectivity index is 0.000000556. The third-order valence-corrected chi connectivity index (χ3v) is 23.4. The smallest absolute Gasteiger partial charge is 0.319 e. The first-order valence-corrected chi connectivity index (χ1v) is 29.8. The summed E-state index contributed by atoms with van der Waals surface area (Å²) in [6.45, 7) is 19.2. The molecule has 5 aromatic rings. The number of aliphatic imine (C=N–C) groups is 1. The van der Waals surface area contributed by atoms with Crippen LogP contribution in [0, 0.1) is 0 Å². The molecule has 3 aliphatic heterocycles. The summed E-state index contributed by atoms with van der Waals surface area (Å²) in [5, 5.41) is 16.3. The lowest BCUT2D eigenvalue weighted by molar-refractivity contribution is -0.212. The Morgan fingerprint density at radius 3 is 2.14 bits per heavy atom. The number of fused-ring (bicyclic) bond motifs is 2. The van der Waals surface area contributed by atoms with Gasteiger partial charge in [-0.1, -0.05) is 127 Å². The van der Waals surface area contributed by atoms with Crippen molar-refractivity contribution < 1.29 is 42.2 Å². The highest BCUT2D eigenvalue weighted by atomic mass is 31.1. The lowest BCUT2D eigenvalue weighted by Crippen LogP contribution is -2.67. The lowest BCUT2D eigenvalue weighted by atomic mass is 10.1. The number of nitrogens with one attached hydrogen (secondary N) is 2. The fourth-order valence-corrected chi connectivity index (χ4v) is 15.3. The van der Waals surface area contributed by atoms with Crippen LogP contribution >= 0.6 is 8.25 Å². The van der Waals surface area contributed by atoms with E-state index in [1.54, 1.807) is 24.3 Å². The van der Waals surface area contributed by atoms with Crippen molar-refractivity contribution in [1.82, 2.24) is 24.4 Å². The average molecular weight is 1000 g/mol. The standard InChI is InChI=1S/C40H52N5O10PSi2.C9H16N2/c1-38(2,3)57(7,8)54-33-36(45-26-41-32-34(45)43-37(44-35(32)47)42-31(46)25-51-27-18-12-9-13-19-27)53-30(40(33,48)55-56(49)50)24-52-58(39(4,5)6,28-20-14-10-15-21-28)29-22-16-11-17-23-29;1-2-5-9-10-6-4-8-11(9)7-3-1/h9-23,26,30,33,36,48,56H,24-25H2,1-8H3,(H,49,50)(H2,42,43,44,46,47);1-8H2/t30-,33+,36-,40+;/m1./s1. The Morgan fingerprint density at radius 2 is 1.54 bits per heavy atom. The summed E-state index contributed by atoms with van der Waals surface area (Å²) in [7, 11) is -9.95. The predicted molar refractivity (Wildman–Crippen MR) is 272 cm³/mol. The van der Waals surface area contributed by atoms with E-state index in [9.17, 15) is 24.2 Å². The van der Waals surface area contributed by atoms with Crippen LogP contribution in [0.4, 0.5) is 5.95 Å². The van der Waals surface area contributed by atoms with Crippen LogP contribution in [0.1, 0.15) is 79.9 Å². The lowest BCUT2D eigenvalue weighted by Gasteiger charge is -2.44. The molecule has 3 aromatic carbocycles. The molecule has 2 saturated heterocycles. The minimum Gasteiger partial charge on any atom is -0.484 e. The van der Waals surface area contributed by atoms with Crippen LogP contribution in [0.2, 0.25) is 23.2 Å². The molecule has 5 atom stereocenters. The maximum Gasteiger partial charge on any atom is 0.319 e. The quantitative estimate of drug-likeness (QED) is 0.0516. The fraction of sp³-hybridized carbons (Fsp3) is 0.490. The van der Waals surface area contributed by atoms with Crippen molar-refractivity contribution >= 4 is 64.1 Å². The maximum atomic E-state index is 13.4. The monoisotopic (exact) mass is 1000 g/mol. The molecule has 2 fully saturated rings. The van der Waals surface area contributed by atoms with Crippen LogP contribution < -0.4 is 26.0 Å². The summed E-state index contributed by atoms with van der Waals surface area (Å²) < 4.78 is 46.0. The number of anilines is 1. The Hall–Kier alpha value is -4.83. The van der Waals surface area contributed by atoms with E-state index < -0.39 is 70.7 Å². The molecule has 0 saturated carbocycles. The van der Waals surface area contributed by atoms with Gasteiger partial charge in [-0.05, 0) is 64.9 Å². The van der Waals surface area contributed by atoms with Gasteiger partial charge in [0.05, 0.1) is 18.8 Å². The van der Waals surface area contributed by atoms with Gasteiger partial charge in [0.1, 0.15) is 18.0 Å². The van der Waals surface area contributed by atoms with Gasteiger partial charge >= 0.3 is 8.25 Å². The first kappa shape index (κ1) is 52.0. The molecule has 0 aliphatic carbocycles. The van der Waals surface area contributed by atoms with Crippen LogP contribution in [-0.4, -0.2) is 114 Å². The van der Waals surface area contributed by atoms with Crippen LogP contribution in [0.5, 0.6) is 5.75 Å². The van der Waals surface area contributed by atoms with Crippen LogP contribution in [0.25, 0.3) is 11.2 Å². The molecule has 0 radical (unpaired) electrons. The number of nitrogens with zero attached hydrogens (tertiary/aromatic N) is 5. The molecule has 20 heteroatoms. The number of hydrogen-bond donors (Lipinski definition) is 4. The number of amidine groups is 1. The van der Waals surface area contributed by atoms with Gasteiger partial charge < -0.3 is 33.2 Å². The molecule has 2 aromatic heterocycles. The van der Waals surface area contributed by atoms with Gasteiger partial charge in [0.15, 0.2) is 32.3 Å². The van der Waals surface area contributed by atoms with Crippen LogP contribution in [-0.2, 0) is 27.5 Å². The molecule has 8 rings (SSSR count). The Bertz CT molecular complexity index is 2590. The van der Waals surface area contributed by atoms with Gasteiger partial charge in [-0.25, -0.2) is 4.98 Å². The van der Waals surface area contributed by atoms with Crippen molar-refractivity contribution in [1.29, 1.82) is 0 Å². The van der Waals surface area contributed by atoms with Gasteiger partial charge in [0.25, 0.3) is 19.8 Å². The second-order valence-corrected chi connectivity index (χ2v) is 30.0. The van der Waals surface area contributed by atoms with E-state index in [0.29, 0.717) is 5.75 Å². The van der Waals surface area contributed by atoms with E-state index in [-0.39, 0.29) is 30.3 Å². The molecule has 17 nitrogen and oxygen atoms in total. The summed E-state index contributed by atoms with van der Waals surface area (Å²) in [4.78, 5) is 55.0. The molecule has 0 spiro atoms. The molecular formula is C49H68N7O10PSi2. The number of carbonyl (C=O) groups excluding carboxylic acids is 1. The van der Waals surface area contributed by atoms with Crippen molar-refractivity contribution in [3.05, 3.63) is 108 Å². The minimum atomic E-state index is -3.84. The largest absolute Gasteiger partial charge is 0.484 e. The summed E-state index contributed by atoms with van der Waals surface area (Å²) in [6, 6.07) is 28.5. The van der Waals surface area contributed by atoms with E-state index in [2.05, 4.69) is 50.9 Å². The number of aromatic amines is 1. The number of aromatic nitrogens is 4. The Kier molecular flexibility index (Phi) is 16.3. The van der Waals surface area contributed by atoms with Gasteiger partial charge in [0.2, 0.25) is 11.7 Å². The number of imidazole rings is 1. The van der Waals surface area contributed by atoms with E-state index in [1.807, 2.05) is 101 Å². The van der Waals surface area contributed by atoms with E-state index >= 15 is 0 Å². The second kappa shape index (κ2) is 21.7. The third-order valence-electron chi connectivity index (χ3n) is 13.4. The van der Waals surface area contributed by atoms with Crippen molar-refractivity contribution in [2.24, 2.45) is 4.99 Å². The maximum absolute atomic E-state index is 13.4. The number of carbonyl (C=O) groups is 1. The van der Waals surface area contributed by atoms with Crippen LogP contribution in [0.3, 0.4) is 0 Å². The van der Waals surface area contributed by atoms with E-state index in [0.717, 1.165) is 16.9 Å². The highest BCUT2D eigenvalue weighted by Crippen LogP contribution is 2.49. The second-order valence-electron chi connectivity index (χ2n) is 20.2. The molecule has 3 aliphatic rings. The zero-order valence-electron chi connectivity index (χ0n) is 40.9. The first-order valence-electron chi connectivity index (χ1n) is 23.7. The Morgan fingerprint density at radius 1 is 0.913 bits per heavy atom. The number of ether oxygens (including phenoxy) is 2. The van der Waals surface area contributed by atoms with Crippen molar-refractivity contribution in [3.8, 4) is 5.75 Å². The number of amides is 1. The van der Waals surface area contributed by atoms with Crippen molar-refractivity contribution in [2.75, 3.05) is 38.2 Å². The van der Waals surface area contributed by atoms with Crippen molar-refractivity contribution in [2.45, 2.75) is 121 Å². The Labute approximate surface area is 406 Å². The van der Waals surface area contributed by atoms with Gasteiger partial charge in [-0.2, -0.15) is 4.98 Å². The number of rotatable bonds is 14. The highest BCUT2D eigenvalue weighted by Gasteiger charge is 2.63. The summed E-state index contributed by atoms with van der Waals surface area (Å²) >= 11 is 0. The molecule has 4 N–H and O–H groups in total. The van der Waals surface area contributed by atoms with Crippen LogP contribution in [0.15, 0.2) is 107 Å². The number of para-hydroxylation sites is 1. The predicted octanol–water partition coefficient (Wildman–Crippen LogP) is 6.75. The summed E-state index contributed by atoms with van der Waals surface area (Å²) in [5.74, 6) is -1.47. The highest BCUT2D eigenvalue weighted by molar-refractivity contribution is 7.32. The zero-order valence-corrected chi connectivity index (χ0v) is 43.9. The normalized spacial score (nSPS) is 21.6. The number of aliphatic hydroxyl groups is 1. The minimum absolute atomic E-state index is 0.0237. The van der Waals surface area contributed by atoms with Crippen molar-refractivity contribution in [3.63, 3.8) is 0 Å². The molecular weight excluding hydrogens is 934 g/mol. The third kappa shape index (κ3) is 11.7. The van der Waals surface area contributed by atoms with Gasteiger partial charge in [-0.15, -0.1) is 0 Å². The zero-order chi connectivity index (χ0) is 49.6. The molecule has 1 amide bonds. The van der Waals surface area contributed by atoms with E-state index in [4.69, 9.17) is 22.8 Å². The van der Waals surface area contributed by atoms with Gasteiger partial charge in [-0.3, -0.25) is 38.5 Å². The molecule has 1 unspecified atom stereocenters. The average Bonchev–Trinajstić information content (AvgIpc) is 3.72. The first-order chi connectivity index (χ1) is 32.7.